The van der Waals surface area contributed by atoms with E-state index in [0.29, 0.717) is 5.95 Å². The first-order chi connectivity index (χ1) is 32.2. The Bertz CT molecular complexity index is 4230. The van der Waals surface area contributed by atoms with Crippen LogP contribution < -0.4 is 0 Å². The lowest BCUT2D eigenvalue weighted by molar-refractivity contribution is 0.668. The lowest BCUT2D eigenvalue weighted by atomic mass is 9.99. The first kappa shape index (κ1) is 35.8. The van der Waals surface area contributed by atoms with Crippen molar-refractivity contribution in [1.82, 2.24) is 19.1 Å². The third-order valence-electron chi connectivity index (χ3n) is 13.3. The molecule has 0 bridgehead atoms. The van der Waals surface area contributed by atoms with Gasteiger partial charge in [-0.15, -0.1) is 0 Å². The Morgan fingerprint density at radius 1 is 0.323 bits per heavy atom. The number of furan rings is 1. The number of hydrogen-bond donors (Lipinski definition) is 0. The molecule has 0 radical (unpaired) electrons. The van der Waals surface area contributed by atoms with Crippen LogP contribution in [0.4, 0.5) is 0 Å². The molecule has 302 valence electrons. The van der Waals surface area contributed by atoms with Crippen molar-refractivity contribution < 1.29 is 4.42 Å². The van der Waals surface area contributed by atoms with Crippen molar-refractivity contribution in [3.8, 4) is 45.1 Å². The van der Waals surface area contributed by atoms with E-state index >= 15 is 0 Å². The third-order valence-corrected chi connectivity index (χ3v) is 13.3. The van der Waals surface area contributed by atoms with Crippen molar-refractivity contribution in [1.29, 1.82) is 0 Å². The molecule has 0 amide bonds. The molecule has 65 heavy (non-hydrogen) atoms. The summed E-state index contributed by atoms with van der Waals surface area (Å²) in [7, 11) is 0. The van der Waals surface area contributed by atoms with E-state index in [-0.39, 0.29) is 0 Å². The van der Waals surface area contributed by atoms with E-state index in [4.69, 9.17) is 14.4 Å². The first-order valence-electron chi connectivity index (χ1n) is 22.1. The minimum atomic E-state index is 0.643. The van der Waals surface area contributed by atoms with E-state index in [0.717, 1.165) is 88.4 Å². The summed E-state index contributed by atoms with van der Waals surface area (Å²) in [6.45, 7) is 0. The molecule has 0 saturated carbocycles. The highest BCUT2D eigenvalue weighted by atomic mass is 16.3. The lowest BCUT2D eigenvalue weighted by Gasteiger charge is -2.12. The summed E-state index contributed by atoms with van der Waals surface area (Å²) < 4.78 is 11.0. The Morgan fingerprint density at radius 2 is 0.923 bits per heavy atom. The molecule has 0 saturated heterocycles. The van der Waals surface area contributed by atoms with Crippen LogP contribution >= 0.6 is 0 Å². The highest BCUT2D eigenvalue weighted by molar-refractivity contribution is 6.22. The molecular formula is C60H36N4O. The topological polar surface area (TPSA) is 48.8 Å². The van der Waals surface area contributed by atoms with Gasteiger partial charge in [0.2, 0.25) is 5.95 Å². The Labute approximate surface area is 372 Å². The second kappa shape index (κ2) is 13.9. The zero-order chi connectivity index (χ0) is 42.6. The zero-order valence-electron chi connectivity index (χ0n) is 35.0. The van der Waals surface area contributed by atoms with Gasteiger partial charge >= 0.3 is 0 Å². The maximum Gasteiger partial charge on any atom is 0.235 e. The van der Waals surface area contributed by atoms with Gasteiger partial charge in [-0.25, -0.2) is 9.97 Å². The van der Waals surface area contributed by atoms with Crippen LogP contribution in [-0.2, 0) is 0 Å². The van der Waals surface area contributed by atoms with E-state index in [1.807, 2.05) is 12.1 Å². The lowest BCUT2D eigenvalue weighted by Crippen LogP contribution is -2.03. The van der Waals surface area contributed by atoms with Crippen LogP contribution in [0.2, 0.25) is 0 Å². The number of rotatable bonds is 5. The van der Waals surface area contributed by atoms with E-state index in [2.05, 4.69) is 215 Å². The normalized spacial score (nSPS) is 12.0. The van der Waals surface area contributed by atoms with Gasteiger partial charge in [0.25, 0.3) is 0 Å². The minimum absolute atomic E-state index is 0.643. The van der Waals surface area contributed by atoms with Crippen LogP contribution in [0.15, 0.2) is 223 Å². The number of nitrogens with zero attached hydrogens (tertiary/aromatic N) is 4. The average molecular weight is 829 g/mol. The second-order valence-corrected chi connectivity index (χ2v) is 16.9. The van der Waals surface area contributed by atoms with Gasteiger partial charge in [0, 0.05) is 55.0 Å². The fourth-order valence-electron chi connectivity index (χ4n) is 10.3. The monoisotopic (exact) mass is 828 g/mol. The van der Waals surface area contributed by atoms with Gasteiger partial charge < -0.3 is 8.98 Å². The summed E-state index contributed by atoms with van der Waals surface area (Å²) in [5, 5.41) is 10.4. The molecule has 14 aromatic rings. The molecule has 0 aliphatic carbocycles. The highest BCUT2D eigenvalue weighted by Crippen LogP contribution is 2.42. The van der Waals surface area contributed by atoms with Crippen LogP contribution in [0.5, 0.6) is 0 Å². The van der Waals surface area contributed by atoms with Crippen molar-refractivity contribution in [2.75, 3.05) is 0 Å². The van der Waals surface area contributed by atoms with Crippen LogP contribution in [-0.4, -0.2) is 19.1 Å². The number of benzene rings is 10. The summed E-state index contributed by atoms with van der Waals surface area (Å²) in [5.41, 5.74) is 14.8. The molecule has 0 atom stereocenters. The van der Waals surface area contributed by atoms with Crippen molar-refractivity contribution >= 4 is 87.2 Å². The fourth-order valence-corrected chi connectivity index (χ4v) is 10.3. The Hall–Kier alpha value is -8.80. The van der Waals surface area contributed by atoms with Gasteiger partial charge in [0.1, 0.15) is 11.2 Å². The molecule has 0 aliphatic rings. The van der Waals surface area contributed by atoms with Gasteiger partial charge in [-0.05, 0) is 93.7 Å². The number of fused-ring (bicyclic) bond motifs is 12. The van der Waals surface area contributed by atoms with Gasteiger partial charge in [-0.3, -0.25) is 4.57 Å². The maximum atomic E-state index is 6.35. The smallest absolute Gasteiger partial charge is 0.235 e. The Kier molecular flexibility index (Phi) is 7.62. The predicted octanol–water partition coefficient (Wildman–Crippen LogP) is 15.9. The van der Waals surface area contributed by atoms with E-state index < -0.39 is 0 Å². The zero-order valence-corrected chi connectivity index (χ0v) is 35.0. The number of aromatic nitrogens is 4. The Balaban J connectivity index is 0.950. The molecule has 0 spiro atoms. The molecule has 10 aromatic carbocycles. The first-order valence-corrected chi connectivity index (χ1v) is 22.1. The van der Waals surface area contributed by atoms with Gasteiger partial charge in [-0.2, -0.15) is 0 Å². The number of hydrogen-bond acceptors (Lipinski definition) is 3. The molecule has 5 heteroatoms. The summed E-state index contributed by atoms with van der Waals surface area (Å²) in [4.78, 5) is 10.7. The van der Waals surface area contributed by atoms with Gasteiger partial charge in [0.15, 0.2) is 0 Å². The summed E-state index contributed by atoms with van der Waals surface area (Å²) >= 11 is 0. The van der Waals surface area contributed by atoms with Gasteiger partial charge in [-0.1, -0.05) is 152 Å². The van der Waals surface area contributed by atoms with Crippen LogP contribution in [0, 0.1) is 0 Å². The largest absolute Gasteiger partial charge is 0.456 e. The minimum Gasteiger partial charge on any atom is -0.456 e. The van der Waals surface area contributed by atoms with Crippen LogP contribution in [0.1, 0.15) is 0 Å². The predicted molar refractivity (Wildman–Crippen MR) is 269 cm³/mol. The van der Waals surface area contributed by atoms with Crippen molar-refractivity contribution in [3.05, 3.63) is 218 Å². The molecule has 5 nitrogen and oxygen atoms in total. The van der Waals surface area contributed by atoms with Crippen molar-refractivity contribution in [2.24, 2.45) is 0 Å². The Morgan fingerprint density at radius 3 is 1.77 bits per heavy atom. The summed E-state index contributed by atoms with van der Waals surface area (Å²) in [6.07, 6.45) is 0. The average Bonchev–Trinajstić information content (AvgIpc) is 4.03. The molecule has 14 rings (SSSR count). The maximum absolute atomic E-state index is 6.35. The fraction of sp³-hybridized carbons (Fsp3) is 0. The SMILES string of the molecule is c1ccc(-c2ccc(-c3nc(-n4c5ccc(-c6ccc7c(c6)c6ccccc6n7-c6ccc7c(c6)oc6ccccc67)cc5c5c6ccccc6ccc54)nc4ccccc34)cc2)cc1. The molecule has 4 aromatic heterocycles. The van der Waals surface area contributed by atoms with Crippen molar-refractivity contribution in [3.63, 3.8) is 0 Å². The quantitative estimate of drug-likeness (QED) is 0.174. The van der Waals surface area contributed by atoms with Gasteiger partial charge in [0.05, 0.1) is 33.3 Å². The van der Waals surface area contributed by atoms with Crippen molar-refractivity contribution in [2.45, 2.75) is 0 Å². The van der Waals surface area contributed by atoms with Crippen LogP contribution in [0.25, 0.3) is 132 Å². The molecule has 0 fully saturated rings. The van der Waals surface area contributed by atoms with Crippen LogP contribution in [0.3, 0.4) is 0 Å². The number of para-hydroxylation sites is 3. The second-order valence-electron chi connectivity index (χ2n) is 16.9. The summed E-state index contributed by atoms with van der Waals surface area (Å²) in [6, 6.07) is 78.0. The highest BCUT2D eigenvalue weighted by Gasteiger charge is 2.21. The van der Waals surface area contributed by atoms with E-state index in [1.165, 1.54) is 38.1 Å². The summed E-state index contributed by atoms with van der Waals surface area (Å²) in [5.74, 6) is 0.643. The molecule has 4 heterocycles. The molecule has 0 N–H and O–H groups in total. The molecular weight excluding hydrogens is 793 g/mol. The van der Waals surface area contributed by atoms with E-state index in [1.54, 1.807) is 0 Å². The molecule has 0 unspecified atom stereocenters. The standard InChI is InChI=1S/C60H36N4O/c1-2-12-37(13-3-1)38-22-24-40(25-23-38)59-48-18-6-9-19-51(48)61-60(62-59)64-54-32-28-42(35-50(54)58-44-15-5-4-14-39(44)26-33-55(58)64)41-27-31-53-49(34-41)45-16-7-10-20-52(45)63(53)43-29-30-47-46-17-8-11-21-56(46)65-57(47)36-43/h1-36H. The molecule has 0 aliphatic heterocycles. The van der Waals surface area contributed by atoms with E-state index in [9.17, 15) is 0 Å². The third kappa shape index (κ3) is 5.46.